The standard InChI is InChI=1S/C19H28N2O2.ClH/c1-2-3-10-23-18-7-5-4-6-17(18)21-19(22)13-14-11-15-8-9-16(12-14)20-15;/h4-7,14-16,20H,2-3,8-13H2,1H3,(H,21,22);1H. The van der Waals surface area contributed by atoms with Crippen LogP contribution in [-0.4, -0.2) is 24.6 Å². The highest BCUT2D eigenvalue weighted by atomic mass is 35.5. The fraction of sp³-hybridized carbons (Fsp3) is 0.632. The van der Waals surface area contributed by atoms with E-state index in [-0.39, 0.29) is 18.3 Å². The maximum atomic E-state index is 12.4. The lowest BCUT2D eigenvalue weighted by atomic mass is 9.89. The number of unbranched alkanes of at least 4 members (excludes halogenated alkanes) is 1. The molecule has 2 atom stereocenters. The molecule has 2 fully saturated rings. The second-order valence-corrected chi connectivity index (χ2v) is 6.93. The van der Waals surface area contributed by atoms with Crippen LogP contribution in [0.15, 0.2) is 24.3 Å². The lowest BCUT2D eigenvalue weighted by Gasteiger charge is -2.28. The zero-order chi connectivity index (χ0) is 16.1. The Bertz CT molecular complexity index is 526. The van der Waals surface area contributed by atoms with Crippen LogP contribution in [-0.2, 0) is 4.79 Å². The molecular weight excluding hydrogens is 324 g/mol. The minimum Gasteiger partial charge on any atom is -0.491 e. The zero-order valence-electron chi connectivity index (χ0n) is 14.4. The monoisotopic (exact) mass is 352 g/mol. The van der Waals surface area contributed by atoms with Gasteiger partial charge in [0.05, 0.1) is 12.3 Å². The van der Waals surface area contributed by atoms with Gasteiger partial charge in [-0.1, -0.05) is 25.5 Å². The smallest absolute Gasteiger partial charge is 0.224 e. The van der Waals surface area contributed by atoms with Gasteiger partial charge in [0.1, 0.15) is 5.75 Å². The Morgan fingerprint density at radius 3 is 2.67 bits per heavy atom. The number of hydrogen-bond donors (Lipinski definition) is 2. The Balaban J connectivity index is 0.00000208. The first-order valence-corrected chi connectivity index (χ1v) is 9.02. The quantitative estimate of drug-likeness (QED) is 0.725. The Hall–Kier alpha value is -1.26. The van der Waals surface area contributed by atoms with Gasteiger partial charge in [-0.15, -0.1) is 12.4 Å². The van der Waals surface area contributed by atoms with E-state index >= 15 is 0 Å². The van der Waals surface area contributed by atoms with Crippen LogP contribution in [0.2, 0.25) is 0 Å². The van der Waals surface area contributed by atoms with Crippen LogP contribution in [0.4, 0.5) is 5.69 Å². The molecule has 1 amide bonds. The van der Waals surface area contributed by atoms with Crippen LogP contribution in [0, 0.1) is 5.92 Å². The lowest BCUT2D eigenvalue weighted by Crippen LogP contribution is -2.39. The predicted octanol–water partition coefficient (Wildman–Crippen LogP) is 4.15. The summed E-state index contributed by atoms with van der Waals surface area (Å²) in [5.74, 6) is 1.41. The van der Waals surface area contributed by atoms with Gasteiger partial charge in [0.2, 0.25) is 5.91 Å². The molecule has 1 aromatic carbocycles. The van der Waals surface area contributed by atoms with E-state index in [1.165, 1.54) is 12.8 Å². The van der Waals surface area contributed by atoms with Crippen molar-refractivity contribution in [1.29, 1.82) is 0 Å². The number of ether oxygens (including phenoxy) is 1. The molecule has 2 saturated heterocycles. The van der Waals surface area contributed by atoms with Gasteiger partial charge >= 0.3 is 0 Å². The van der Waals surface area contributed by atoms with E-state index in [0.717, 1.165) is 37.1 Å². The number of carbonyl (C=O) groups excluding carboxylic acids is 1. The minimum atomic E-state index is 0. The first-order chi connectivity index (χ1) is 11.2. The maximum Gasteiger partial charge on any atom is 0.224 e. The van der Waals surface area contributed by atoms with Gasteiger partial charge in [-0.25, -0.2) is 0 Å². The third-order valence-corrected chi connectivity index (χ3v) is 4.96. The topological polar surface area (TPSA) is 50.4 Å². The minimum absolute atomic E-state index is 0. The number of nitrogens with one attached hydrogen (secondary N) is 2. The van der Waals surface area contributed by atoms with E-state index in [1.807, 2.05) is 24.3 Å². The number of hydrogen-bond acceptors (Lipinski definition) is 3. The Kier molecular flexibility index (Phi) is 7.38. The number of carbonyl (C=O) groups is 1. The first kappa shape index (κ1) is 19.1. The highest BCUT2D eigenvalue weighted by molar-refractivity contribution is 5.92. The summed E-state index contributed by atoms with van der Waals surface area (Å²) >= 11 is 0. The van der Waals surface area contributed by atoms with Crippen LogP contribution < -0.4 is 15.4 Å². The molecule has 2 N–H and O–H groups in total. The van der Waals surface area contributed by atoms with Gasteiger partial charge in [-0.3, -0.25) is 4.79 Å². The number of halogens is 1. The van der Waals surface area contributed by atoms with Gasteiger partial charge < -0.3 is 15.4 Å². The van der Waals surface area contributed by atoms with Crippen LogP contribution in [0.1, 0.15) is 51.9 Å². The number of piperidine rings is 1. The molecule has 2 aliphatic rings. The van der Waals surface area contributed by atoms with E-state index in [4.69, 9.17) is 4.74 Å². The van der Waals surface area contributed by atoms with E-state index in [9.17, 15) is 4.79 Å². The van der Waals surface area contributed by atoms with E-state index in [1.54, 1.807) is 0 Å². The van der Waals surface area contributed by atoms with Gasteiger partial charge in [0.15, 0.2) is 0 Å². The summed E-state index contributed by atoms with van der Waals surface area (Å²) < 4.78 is 5.79. The number of rotatable bonds is 7. The third kappa shape index (κ3) is 5.12. The highest BCUT2D eigenvalue weighted by Gasteiger charge is 2.34. The average molecular weight is 353 g/mol. The van der Waals surface area contributed by atoms with Crippen molar-refractivity contribution in [3.8, 4) is 5.75 Å². The van der Waals surface area contributed by atoms with Crippen LogP contribution >= 0.6 is 12.4 Å². The van der Waals surface area contributed by atoms with Crippen molar-refractivity contribution in [2.24, 2.45) is 5.92 Å². The average Bonchev–Trinajstić information content (AvgIpc) is 2.88. The van der Waals surface area contributed by atoms with E-state index in [2.05, 4.69) is 17.6 Å². The Morgan fingerprint density at radius 2 is 1.96 bits per heavy atom. The van der Waals surface area contributed by atoms with Crippen molar-refractivity contribution >= 4 is 24.0 Å². The van der Waals surface area contributed by atoms with Crippen LogP contribution in [0.25, 0.3) is 0 Å². The lowest BCUT2D eigenvalue weighted by molar-refractivity contribution is -0.117. The molecule has 2 heterocycles. The number of benzene rings is 1. The molecule has 2 bridgehead atoms. The highest BCUT2D eigenvalue weighted by Crippen LogP contribution is 2.33. The van der Waals surface area contributed by atoms with Crippen LogP contribution in [0.5, 0.6) is 5.75 Å². The largest absolute Gasteiger partial charge is 0.491 e. The first-order valence-electron chi connectivity index (χ1n) is 9.02. The summed E-state index contributed by atoms with van der Waals surface area (Å²) in [5, 5.41) is 6.68. The Labute approximate surface area is 151 Å². The molecular formula is C19H29ClN2O2. The molecule has 134 valence electrons. The SMILES string of the molecule is CCCCOc1ccccc1NC(=O)CC1CC2CCC(C1)N2.Cl. The summed E-state index contributed by atoms with van der Waals surface area (Å²) in [6, 6.07) is 9.00. The molecule has 3 rings (SSSR count). The van der Waals surface area contributed by atoms with Crippen molar-refractivity contribution in [1.82, 2.24) is 5.32 Å². The summed E-state index contributed by atoms with van der Waals surface area (Å²) in [6.07, 6.45) is 7.58. The number of anilines is 1. The molecule has 0 saturated carbocycles. The van der Waals surface area contributed by atoms with Gasteiger partial charge in [-0.05, 0) is 50.2 Å². The van der Waals surface area contributed by atoms with Crippen molar-refractivity contribution in [2.45, 2.75) is 64.0 Å². The molecule has 24 heavy (non-hydrogen) atoms. The van der Waals surface area contributed by atoms with Crippen LogP contribution in [0.3, 0.4) is 0 Å². The molecule has 2 aliphatic heterocycles. The van der Waals surface area contributed by atoms with E-state index < -0.39 is 0 Å². The molecule has 4 nitrogen and oxygen atoms in total. The number of amides is 1. The maximum absolute atomic E-state index is 12.4. The van der Waals surface area contributed by atoms with Crippen molar-refractivity contribution in [2.75, 3.05) is 11.9 Å². The van der Waals surface area contributed by atoms with Crippen molar-refractivity contribution in [3.63, 3.8) is 0 Å². The predicted molar refractivity (Wildman–Crippen MR) is 100 cm³/mol. The molecule has 0 aliphatic carbocycles. The van der Waals surface area contributed by atoms with E-state index in [0.29, 0.717) is 31.0 Å². The van der Waals surface area contributed by atoms with Crippen molar-refractivity contribution in [3.05, 3.63) is 24.3 Å². The molecule has 1 aromatic rings. The van der Waals surface area contributed by atoms with Gasteiger partial charge in [0.25, 0.3) is 0 Å². The fourth-order valence-electron chi connectivity index (χ4n) is 3.83. The Morgan fingerprint density at radius 1 is 1.25 bits per heavy atom. The van der Waals surface area contributed by atoms with Gasteiger partial charge in [-0.2, -0.15) is 0 Å². The van der Waals surface area contributed by atoms with Gasteiger partial charge in [0, 0.05) is 18.5 Å². The molecule has 0 aromatic heterocycles. The molecule has 0 spiro atoms. The molecule has 2 unspecified atom stereocenters. The summed E-state index contributed by atoms with van der Waals surface area (Å²) in [4.78, 5) is 12.4. The number of para-hydroxylation sites is 2. The molecule has 5 heteroatoms. The summed E-state index contributed by atoms with van der Waals surface area (Å²) in [6.45, 7) is 2.84. The second-order valence-electron chi connectivity index (χ2n) is 6.93. The third-order valence-electron chi connectivity index (χ3n) is 4.96. The summed E-state index contributed by atoms with van der Waals surface area (Å²) in [7, 11) is 0. The normalized spacial score (nSPS) is 25.0. The second kappa shape index (κ2) is 9.28. The summed E-state index contributed by atoms with van der Waals surface area (Å²) in [5.41, 5.74) is 0.797. The van der Waals surface area contributed by atoms with Crippen molar-refractivity contribution < 1.29 is 9.53 Å². The number of fused-ring (bicyclic) bond motifs is 2. The zero-order valence-corrected chi connectivity index (χ0v) is 15.2. The molecule has 0 radical (unpaired) electrons. The fourth-order valence-corrected chi connectivity index (χ4v) is 3.83.